The molecular weight excluding hydrogens is 317 g/mol. The zero-order valence-corrected chi connectivity index (χ0v) is 9.96. The summed E-state index contributed by atoms with van der Waals surface area (Å²) in [6.45, 7) is 0. The summed E-state index contributed by atoms with van der Waals surface area (Å²) < 4.78 is 2.11. The molecule has 1 rings (SSSR count). The van der Waals surface area contributed by atoms with Crippen molar-refractivity contribution in [3.8, 4) is 0 Å². The van der Waals surface area contributed by atoms with Crippen LogP contribution in [0.3, 0.4) is 0 Å². The van der Waals surface area contributed by atoms with Gasteiger partial charge in [0, 0.05) is 0 Å². The molecule has 3 heteroatoms. The van der Waals surface area contributed by atoms with Crippen LogP contribution in [0.25, 0.3) is 0 Å². The molecule has 1 aromatic rings. The van der Waals surface area contributed by atoms with Gasteiger partial charge in [0.25, 0.3) is 0 Å². The fourth-order valence-electron chi connectivity index (χ4n) is 0.928. The van der Waals surface area contributed by atoms with Crippen LogP contribution in [0.4, 0.5) is 5.69 Å². The standard InChI is InChI=1S/C9H10BN.W/c1-11(2)9-5-3-8(7-10)4-6-9;/h1,3-6H,7H2,2H3;. The number of hydrogen-bond acceptors (Lipinski definition) is 1. The molecule has 0 aliphatic carbocycles. The molecule has 2 radical (unpaired) electrons. The summed E-state index contributed by atoms with van der Waals surface area (Å²) in [6.07, 6.45) is 0.616. The Morgan fingerprint density at radius 2 is 2.00 bits per heavy atom. The van der Waals surface area contributed by atoms with E-state index < -0.39 is 0 Å². The topological polar surface area (TPSA) is 3.24 Å². The quantitative estimate of drug-likeness (QED) is 0.752. The van der Waals surface area contributed by atoms with Crippen molar-refractivity contribution in [2.45, 2.75) is 6.32 Å². The summed E-state index contributed by atoms with van der Waals surface area (Å²) in [5, 5.41) is 0. The maximum atomic E-state index is 5.49. The minimum absolute atomic E-state index is 0.616. The Labute approximate surface area is 85.6 Å². The summed E-state index contributed by atoms with van der Waals surface area (Å²) in [6, 6.07) is 8.29. The average molecular weight is 327 g/mol. The zero-order valence-electron chi connectivity index (χ0n) is 7.03. The third-order valence-corrected chi connectivity index (χ3v) is 2.87. The van der Waals surface area contributed by atoms with Crippen LogP contribution in [0.1, 0.15) is 5.56 Å². The van der Waals surface area contributed by atoms with Crippen molar-refractivity contribution in [3.05, 3.63) is 29.8 Å². The van der Waals surface area contributed by atoms with E-state index in [-0.39, 0.29) is 0 Å². The third-order valence-electron chi connectivity index (χ3n) is 1.74. The number of rotatable bonds is 3. The minimum atomic E-state index is 0.616. The molecular formula is C9H10BNW. The molecule has 0 amide bonds. The second kappa shape index (κ2) is 4.62. The molecule has 0 N–H and O–H groups in total. The first-order valence-electron chi connectivity index (χ1n) is 3.75. The Kier molecular flexibility index (Phi) is 3.74. The van der Waals surface area contributed by atoms with Gasteiger partial charge in [-0.1, -0.05) is 0 Å². The second-order valence-corrected chi connectivity index (χ2v) is 3.34. The van der Waals surface area contributed by atoms with E-state index in [2.05, 4.69) is 33.7 Å². The van der Waals surface area contributed by atoms with E-state index in [9.17, 15) is 0 Å². The van der Waals surface area contributed by atoms with Crippen molar-refractivity contribution in [3.63, 3.8) is 0 Å². The molecule has 0 heterocycles. The van der Waals surface area contributed by atoms with Crippen LogP contribution in [-0.4, -0.2) is 19.4 Å². The monoisotopic (exact) mass is 327 g/mol. The molecule has 60 valence electrons. The first kappa shape index (κ1) is 9.73. The summed E-state index contributed by atoms with van der Waals surface area (Å²) in [5.74, 6) is 0. The number of hydrogen-bond donors (Lipinski definition) is 0. The van der Waals surface area contributed by atoms with Crippen LogP contribution in [0.15, 0.2) is 24.3 Å². The first-order valence-corrected chi connectivity index (χ1v) is 5.44. The van der Waals surface area contributed by atoms with Gasteiger partial charge in [-0.25, -0.2) is 0 Å². The molecule has 0 spiro atoms. The van der Waals surface area contributed by atoms with Crippen LogP contribution in [0.5, 0.6) is 0 Å². The number of benzene rings is 1. The van der Waals surface area contributed by atoms with E-state index >= 15 is 0 Å². The Morgan fingerprint density at radius 3 is 2.42 bits per heavy atom. The van der Waals surface area contributed by atoms with Gasteiger partial charge in [0.1, 0.15) is 0 Å². The molecule has 0 aliphatic rings. The molecule has 0 atom stereocenters. The normalized spacial score (nSPS) is 9.42. The van der Waals surface area contributed by atoms with E-state index in [1.807, 2.05) is 7.05 Å². The van der Waals surface area contributed by atoms with Gasteiger partial charge in [0.2, 0.25) is 0 Å². The van der Waals surface area contributed by atoms with Crippen molar-refractivity contribution in [2.24, 2.45) is 0 Å². The third kappa shape index (κ3) is 2.31. The van der Waals surface area contributed by atoms with Crippen LogP contribution in [0.2, 0.25) is 0 Å². The van der Waals surface area contributed by atoms with Gasteiger partial charge in [-0.2, -0.15) is 0 Å². The Bertz CT molecular complexity index is 258. The molecule has 1 aromatic carbocycles. The van der Waals surface area contributed by atoms with E-state index in [0.29, 0.717) is 6.32 Å². The first-order chi connectivity index (χ1) is 5.77. The molecule has 0 aromatic heterocycles. The summed E-state index contributed by atoms with van der Waals surface area (Å²) in [4.78, 5) is 2.11. The SMILES string of the molecule is [B]Cc1ccc(N(C)[CH]=[W])cc1. The fraction of sp³-hybridized carbons (Fsp3) is 0.222. The van der Waals surface area contributed by atoms with Crippen LogP contribution in [0, 0.1) is 0 Å². The van der Waals surface area contributed by atoms with Gasteiger partial charge in [-0.15, -0.1) is 0 Å². The van der Waals surface area contributed by atoms with E-state index in [1.54, 1.807) is 0 Å². The number of nitrogens with zero attached hydrogens (tertiary/aromatic N) is 1. The van der Waals surface area contributed by atoms with Crippen molar-refractivity contribution < 1.29 is 19.4 Å². The molecule has 0 bridgehead atoms. The Morgan fingerprint density at radius 1 is 1.42 bits per heavy atom. The van der Waals surface area contributed by atoms with E-state index in [1.165, 1.54) is 30.6 Å². The van der Waals surface area contributed by atoms with Gasteiger partial charge in [-0.05, 0) is 0 Å². The van der Waals surface area contributed by atoms with E-state index in [4.69, 9.17) is 7.85 Å². The fourth-order valence-corrected chi connectivity index (χ4v) is 1.37. The average Bonchev–Trinajstić information content (AvgIpc) is 2.17. The molecule has 1 nitrogen and oxygen atoms in total. The molecule has 0 saturated heterocycles. The molecule has 0 fully saturated rings. The summed E-state index contributed by atoms with van der Waals surface area (Å²) >= 11 is 1.45. The molecule has 12 heavy (non-hydrogen) atoms. The van der Waals surface area contributed by atoms with Gasteiger partial charge < -0.3 is 0 Å². The van der Waals surface area contributed by atoms with Gasteiger partial charge in [0.15, 0.2) is 0 Å². The van der Waals surface area contributed by atoms with Crippen molar-refractivity contribution >= 4 is 18.1 Å². The van der Waals surface area contributed by atoms with Crippen LogP contribution in [-0.2, 0) is 25.7 Å². The van der Waals surface area contributed by atoms with Crippen molar-refractivity contribution in [2.75, 3.05) is 11.9 Å². The van der Waals surface area contributed by atoms with Crippen molar-refractivity contribution in [1.82, 2.24) is 0 Å². The molecule has 0 saturated carbocycles. The predicted octanol–water partition coefficient (Wildman–Crippen LogP) is 1.10. The van der Waals surface area contributed by atoms with E-state index in [0.717, 1.165) is 0 Å². The zero-order chi connectivity index (χ0) is 8.97. The van der Waals surface area contributed by atoms with Crippen LogP contribution < -0.4 is 4.90 Å². The van der Waals surface area contributed by atoms with Gasteiger partial charge in [-0.3, -0.25) is 0 Å². The second-order valence-electron chi connectivity index (χ2n) is 2.59. The molecule has 0 unspecified atom stereocenters. The Balaban J connectivity index is 2.84. The predicted molar refractivity (Wildman–Crippen MR) is 50.4 cm³/mol. The van der Waals surface area contributed by atoms with Crippen molar-refractivity contribution in [1.29, 1.82) is 0 Å². The Hall–Kier alpha value is -0.357. The number of anilines is 1. The maximum absolute atomic E-state index is 5.49. The summed E-state index contributed by atoms with van der Waals surface area (Å²) in [5.41, 5.74) is 2.39. The molecule has 0 aliphatic heterocycles. The summed E-state index contributed by atoms with van der Waals surface area (Å²) in [7, 11) is 7.54. The van der Waals surface area contributed by atoms with Crippen LogP contribution >= 0.6 is 0 Å². The van der Waals surface area contributed by atoms with Gasteiger partial charge >= 0.3 is 85.5 Å². The van der Waals surface area contributed by atoms with Gasteiger partial charge in [0.05, 0.1) is 0 Å².